The van der Waals surface area contributed by atoms with E-state index in [0.717, 1.165) is 29.7 Å². The number of nitrogens with zero attached hydrogens (tertiary/aromatic N) is 3. The van der Waals surface area contributed by atoms with Crippen molar-refractivity contribution >= 4 is 11.6 Å². The Bertz CT molecular complexity index is 428. The van der Waals surface area contributed by atoms with Gasteiger partial charge in [0.2, 0.25) is 5.91 Å². The summed E-state index contributed by atoms with van der Waals surface area (Å²) < 4.78 is 0. The molecule has 0 saturated carbocycles. The molecule has 0 atom stereocenters. The Morgan fingerprint density at radius 1 is 1.35 bits per heavy atom. The summed E-state index contributed by atoms with van der Waals surface area (Å²) in [5.74, 6) is -0.279. The molecule has 0 fully saturated rings. The van der Waals surface area contributed by atoms with Gasteiger partial charge in [-0.3, -0.25) is 4.79 Å². The molecule has 0 aliphatic rings. The van der Waals surface area contributed by atoms with Gasteiger partial charge in [0.25, 0.3) is 0 Å². The largest absolute Gasteiger partial charge is 0.325 e. The fourth-order valence-electron chi connectivity index (χ4n) is 1.68. The molecule has 0 unspecified atom stereocenters. The van der Waals surface area contributed by atoms with Crippen molar-refractivity contribution in [2.45, 2.75) is 26.7 Å². The van der Waals surface area contributed by atoms with Crippen LogP contribution in [0.15, 0.2) is 23.3 Å². The van der Waals surface area contributed by atoms with E-state index in [-0.39, 0.29) is 12.5 Å². The zero-order valence-electron chi connectivity index (χ0n) is 10.1. The number of hydrogen-bond donors (Lipinski definition) is 1. The average molecular weight is 232 g/mol. The van der Waals surface area contributed by atoms with Gasteiger partial charge in [-0.25, -0.2) is 0 Å². The molecule has 90 valence electrons. The quantitative estimate of drug-likeness (QED) is 0.472. The molecule has 0 aromatic heterocycles. The highest BCUT2D eigenvalue weighted by Crippen LogP contribution is 2.22. The number of hydrogen-bond acceptors (Lipinski definition) is 2. The molecule has 17 heavy (non-hydrogen) atoms. The summed E-state index contributed by atoms with van der Waals surface area (Å²) in [7, 11) is 0. The van der Waals surface area contributed by atoms with Gasteiger partial charge in [0.05, 0.1) is 0 Å². The smallest absolute Gasteiger partial charge is 0.230 e. The minimum absolute atomic E-state index is 0.169. The van der Waals surface area contributed by atoms with Crippen molar-refractivity contribution in [3.63, 3.8) is 0 Å². The lowest BCUT2D eigenvalue weighted by molar-refractivity contribution is -0.114. The Morgan fingerprint density at radius 2 is 1.94 bits per heavy atom. The maximum Gasteiger partial charge on any atom is 0.230 e. The van der Waals surface area contributed by atoms with Crippen LogP contribution in [-0.2, 0) is 17.6 Å². The van der Waals surface area contributed by atoms with Crippen LogP contribution in [0.25, 0.3) is 10.4 Å². The predicted octanol–water partition coefficient (Wildman–Crippen LogP) is 3.06. The average Bonchev–Trinajstić information content (AvgIpc) is 2.36. The third kappa shape index (κ3) is 3.50. The van der Waals surface area contributed by atoms with E-state index in [0.29, 0.717) is 0 Å². The second kappa shape index (κ2) is 6.55. The van der Waals surface area contributed by atoms with Crippen molar-refractivity contribution in [1.29, 1.82) is 0 Å². The number of para-hydroxylation sites is 1. The molecule has 0 spiro atoms. The number of azide groups is 1. The molecular weight excluding hydrogens is 216 g/mol. The third-order valence-electron chi connectivity index (χ3n) is 2.54. The number of nitrogens with one attached hydrogen (secondary N) is 1. The van der Waals surface area contributed by atoms with Crippen LogP contribution in [0, 0.1) is 0 Å². The summed E-state index contributed by atoms with van der Waals surface area (Å²) >= 11 is 0. The van der Waals surface area contributed by atoms with Gasteiger partial charge in [-0.1, -0.05) is 37.2 Å². The van der Waals surface area contributed by atoms with E-state index in [1.54, 1.807) is 0 Å². The molecule has 0 aliphatic carbocycles. The van der Waals surface area contributed by atoms with Crippen molar-refractivity contribution in [1.82, 2.24) is 0 Å². The fourth-order valence-corrected chi connectivity index (χ4v) is 1.68. The summed E-state index contributed by atoms with van der Waals surface area (Å²) in [6.45, 7) is 3.91. The zero-order chi connectivity index (χ0) is 12.7. The first-order valence-corrected chi connectivity index (χ1v) is 5.64. The topological polar surface area (TPSA) is 77.9 Å². The Labute approximate surface area is 100 Å². The van der Waals surface area contributed by atoms with Crippen LogP contribution in [0.5, 0.6) is 0 Å². The molecule has 1 rings (SSSR count). The van der Waals surface area contributed by atoms with Crippen LogP contribution in [0.4, 0.5) is 5.69 Å². The van der Waals surface area contributed by atoms with Gasteiger partial charge in [-0.05, 0) is 29.5 Å². The van der Waals surface area contributed by atoms with E-state index in [9.17, 15) is 4.79 Å². The fraction of sp³-hybridized carbons (Fsp3) is 0.417. The van der Waals surface area contributed by atoms with E-state index >= 15 is 0 Å². The van der Waals surface area contributed by atoms with E-state index < -0.39 is 0 Å². The van der Waals surface area contributed by atoms with Crippen LogP contribution in [-0.4, -0.2) is 12.5 Å². The molecule has 0 heterocycles. The molecular formula is C12H16N4O. The van der Waals surface area contributed by atoms with E-state index in [1.165, 1.54) is 0 Å². The molecule has 5 nitrogen and oxygen atoms in total. The van der Waals surface area contributed by atoms with Crippen molar-refractivity contribution < 1.29 is 4.79 Å². The van der Waals surface area contributed by atoms with E-state index in [4.69, 9.17) is 5.53 Å². The second-order valence-corrected chi connectivity index (χ2v) is 3.60. The maximum absolute atomic E-state index is 11.5. The zero-order valence-corrected chi connectivity index (χ0v) is 10.1. The van der Waals surface area contributed by atoms with Crippen molar-refractivity contribution in [3.8, 4) is 0 Å². The summed E-state index contributed by atoms with van der Waals surface area (Å²) in [6, 6.07) is 5.96. The Hall–Kier alpha value is -2.00. The first kappa shape index (κ1) is 13.1. The first-order valence-electron chi connectivity index (χ1n) is 5.64. The van der Waals surface area contributed by atoms with Crippen LogP contribution in [0.1, 0.15) is 25.0 Å². The van der Waals surface area contributed by atoms with Crippen molar-refractivity contribution in [2.24, 2.45) is 5.11 Å². The van der Waals surface area contributed by atoms with Gasteiger partial charge in [-0.2, -0.15) is 0 Å². The Morgan fingerprint density at radius 3 is 2.41 bits per heavy atom. The van der Waals surface area contributed by atoms with Crippen molar-refractivity contribution in [3.05, 3.63) is 39.8 Å². The number of benzene rings is 1. The second-order valence-electron chi connectivity index (χ2n) is 3.60. The highest BCUT2D eigenvalue weighted by Gasteiger charge is 2.08. The lowest BCUT2D eigenvalue weighted by Crippen LogP contribution is -2.17. The van der Waals surface area contributed by atoms with Crippen LogP contribution in [0.2, 0.25) is 0 Å². The lowest BCUT2D eigenvalue weighted by Gasteiger charge is -2.13. The minimum atomic E-state index is -0.279. The number of amides is 1. The predicted molar refractivity (Wildman–Crippen MR) is 67.8 cm³/mol. The van der Waals surface area contributed by atoms with Gasteiger partial charge in [0, 0.05) is 10.6 Å². The molecule has 0 aliphatic heterocycles. The number of carbonyl (C=O) groups excluding carboxylic acids is 1. The maximum atomic E-state index is 11.5. The third-order valence-corrected chi connectivity index (χ3v) is 2.54. The van der Waals surface area contributed by atoms with E-state index in [2.05, 4.69) is 15.3 Å². The molecule has 1 N–H and O–H groups in total. The van der Waals surface area contributed by atoms with Gasteiger partial charge in [0.1, 0.15) is 6.54 Å². The molecule has 1 aromatic carbocycles. The number of rotatable bonds is 5. The summed E-state index contributed by atoms with van der Waals surface area (Å²) in [4.78, 5) is 14.1. The minimum Gasteiger partial charge on any atom is -0.325 e. The van der Waals surface area contributed by atoms with Crippen LogP contribution >= 0.6 is 0 Å². The van der Waals surface area contributed by atoms with Gasteiger partial charge in [-0.15, -0.1) is 0 Å². The first-order chi connectivity index (χ1) is 8.22. The highest BCUT2D eigenvalue weighted by molar-refractivity contribution is 5.93. The van der Waals surface area contributed by atoms with Crippen LogP contribution < -0.4 is 5.32 Å². The van der Waals surface area contributed by atoms with Gasteiger partial charge >= 0.3 is 0 Å². The standard InChI is InChI=1S/C12H16N4O/c1-3-9-6-5-7-10(4-2)12(9)15-11(17)8-14-16-13/h5-7H,3-4,8H2,1-2H3,(H,15,17). The molecule has 0 bridgehead atoms. The summed E-state index contributed by atoms with van der Waals surface area (Å²) in [5.41, 5.74) is 11.2. The SMILES string of the molecule is CCc1cccc(CC)c1NC(=O)CN=[N+]=[N-]. The number of anilines is 1. The lowest BCUT2D eigenvalue weighted by atomic mass is 10.0. The Balaban J connectivity index is 2.94. The van der Waals surface area contributed by atoms with Crippen molar-refractivity contribution in [2.75, 3.05) is 11.9 Å². The number of carbonyl (C=O) groups is 1. The molecule has 5 heteroatoms. The Kier molecular flexibility index (Phi) is 5.04. The monoisotopic (exact) mass is 232 g/mol. The molecule has 1 amide bonds. The highest BCUT2D eigenvalue weighted by atomic mass is 16.1. The van der Waals surface area contributed by atoms with Gasteiger partial charge < -0.3 is 5.32 Å². The molecule has 0 radical (unpaired) electrons. The normalized spacial score (nSPS) is 9.53. The summed E-state index contributed by atoms with van der Waals surface area (Å²) in [5, 5.41) is 6.06. The summed E-state index contributed by atoms with van der Waals surface area (Å²) in [6.07, 6.45) is 1.70. The molecule has 1 aromatic rings. The van der Waals surface area contributed by atoms with Gasteiger partial charge in [0.15, 0.2) is 0 Å². The van der Waals surface area contributed by atoms with Crippen LogP contribution in [0.3, 0.4) is 0 Å². The number of aryl methyl sites for hydroxylation is 2. The molecule has 0 saturated heterocycles. The van der Waals surface area contributed by atoms with E-state index in [1.807, 2.05) is 32.0 Å².